The molecule has 3 unspecified atom stereocenters. The fourth-order valence-electron chi connectivity index (χ4n) is 2.96. The summed E-state index contributed by atoms with van der Waals surface area (Å²) in [7, 11) is 0. The summed E-state index contributed by atoms with van der Waals surface area (Å²) in [5.74, 6) is 1.57. The van der Waals surface area contributed by atoms with Crippen LogP contribution in [0.2, 0.25) is 0 Å². The molecular weight excluding hydrogens is 212 g/mol. The lowest BCUT2D eigenvalue weighted by atomic mass is 9.77. The summed E-state index contributed by atoms with van der Waals surface area (Å²) < 4.78 is 0. The molecule has 1 saturated carbocycles. The number of nitrogens with one attached hydrogen (secondary N) is 3. The molecule has 2 rings (SSSR count). The van der Waals surface area contributed by atoms with Gasteiger partial charge in [0.05, 0.1) is 0 Å². The highest BCUT2D eigenvalue weighted by atomic mass is 15.5. The first kappa shape index (κ1) is 12.8. The van der Waals surface area contributed by atoms with Crippen LogP contribution in [0, 0.1) is 11.8 Å². The molecular formula is C13H26N4. The molecule has 0 radical (unpaired) electrons. The van der Waals surface area contributed by atoms with E-state index in [-0.39, 0.29) is 0 Å². The molecule has 0 spiro atoms. The minimum Gasteiger partial charge on any atom is -0.292 e. The third kappa shape index (κ3) is 3.68. The lowest BCUT2D eigenvalue weighted by Crippen LogP contribution is -2.60. The standard InChI is InChI=1S/C13H26N4/c1-2-3-6-9-14-16-13-12-8-5-4-7-11(12)10-15-17-13/h9,11-13,15-17H,2-8,10H2,1H3/b14-9+. The SMILES string of the molecule is CCCC/C=N/NC1NNCC2CCCCC21. The second kappa shape index (κ2) is 6.97. The van der Waals surface area contributed by atoms with Crippen molar-refractivity contribution in [3.63, 3.8) is 0 Å². The second-order valence-electron chi connectivity index (χ2n) is 5.29. The van der Waals surface area contributed by atoms with E-state index in [1.807, 2.05) is 6.21 Å². The lowest BCUT2D eigenvalue weighted by Gasteiger charge is -2.41. The number of hydrogen-bond donors (Lipinski definition) is 3. The Morgan fingerprint density at radius 2 is 2.24 bits per heavy atom. The highest BCUT2D eigenvalue weighted by Gasteiger charge is 2.34. The zero-order valence-electron chi connectivity index (χ0n) is 10.9. The zero-order chi connectivity index (χ0) is 11.9. The van der Waals surface area contributed by atoms with Gasteiger partial charge in [-0.3, -0.25) is 10.9 Å². The van der Waals surface area contributed by atoms with Crippen LogP contribution in [0.25, 0.3) is 0 Å². The second-order valence-corrected chi connectivity index (χ2v) is 5.29. The molecule has 0 aromatic rings. The van der Waals surface area contributed by atoms with Gasteiger partial charge in [-0.05, 0) is 37.5 Å². The van der Waals surface area contributed by atoms with Crippen LogP contribution in [0.4, 0.5) is 0 Å². The van der Waals surface area contributed by atoms with E-state index in [1.54, 1.807) is 0 Å². The van der Waals surface area contributed by atoms with E-state index >= 15 is 0 Å². The average molecular weight is 238 g/mol. The molecule has 17 heavy (non-hydrogen) atoms. The fourth-order valence-corrected chi connectivity index (χ4v) is 2.96. The number of unbranched alkanes of at least 4 members (excludes halogenated alkanes) is 2. The van der Waals surface area contributed by atoms with Gasteiger partial charge in [0.2, 0.25) is 0 Å². The van der Waals surface area contributed by atoms with Crippen LogP contribution in [-0.2, 0) is 0 Å². The van der Waals surface area contributed by atoms with Gasteiger partial charge in [0.25, 0.3) is 0 Å². The molecule has 1 aliphatic heterocycles. The number of nitrogens with zero attached hydrogens (tertiary/aromatic N) is 1. The third-order valence-corrected chi connectivity index (χ3v) is 4.01. The van der Waals surface area contributed by atoms with E-state index in [9.17, 15) is 0 Å². The number of hydrogen-bond acceptors (Lipinski definition) is 4. The molecule has 1 saturated heterocycles. The molecule has 0 aromatic heterocycles. The van der Waals surface area contributed by atoms with Crippen molar-refractivity contribution in [1.82, 2.24) is 16.3 Å². The predicted octanol–water partition coefficient (Wildman–Crippen LogP) is 1.99. The molecule has 1 aliphatic carbocycles. The summed E-state index contributed by atoms with van der Waals surface area (Å²) in [5, 5.41) is 4.35. The number of fused-ring (bicyclic) bond motifs is 1. The highest BCUT2D eigenvalue weighted by Crippen LogP contribution is 2.32. The van der Waals surface area contributed by atoms with Crippen molar-refractivity contribution in [2.24, 2.45) is 16.9 Å². The van der Waals surface area contributed by atoms with Crippen molar-refractivity contribution in [3.8, 4) is 0 Å². The number of hydrazone groups is 1. The van der Waals surface area contributed by atoms with Crippen LogP contribution in [0.5, 0.6) is 0 Å². The van der Waals surface area contributed by atoms with Crippen LogP contribution >= 0.6 is 0 Å². The van der Waals surface area contributed by atoms with Crippen molar-refractivity contribution < 1.29 is 0 Å². The first-order chi connectivity index (χ1) is 8.42. The normalized spacial score (nSPS) is 33.6. The minimum atomic E-state index is 0.312. The van der Waals surface area contributed by atoms with E-state index in [2.05, 4.69) is 28.3 Å². The summed E-state index contributed by atoms with van der Waals surface area (Å²) in [5.41, 5.74) is 9.91. The van der Waals surface area contributed by atoms with Crippen molar-refractivity contribution in [2.75, 3.05) is 6.54 Å². The Morgan fingerprint density at radius 3 is 3.12 bits per heavy atom. The van der Waals surface area contributed by atoms with Crippen molar-refractivity contribution in [1.29, 1.82) is 0 Å². The largest absolute Gasteiger partial charge is 0.292 e. The fraction of sp³-hybridized carbons (Fsp3) is 0.923. The van der Waals surface area contributed by atoms with Crippen molar-refractivity contribution in [3.05, 3.63) is 0 Å². The molecule has 4 nitrogen and oxygen atoms in total. The van der Waals surface area contributed by atoms with Gasteiger partial charge in [-0.25, -0.2) is 5.43 Å². The van der Waals surface area contributed by atoms with Gasteiger partial charge in [-0.1, -0.05) is 26.2 Å². The van der Waals surface area contributed by atoms with Crippen LogP contribution in [0.3, 0.4) is 0 Å². The number of hydrazine groups is 1. The van der Waals surface area contributed by atoms with Gasteiger partial charge in [0.1, 0.15) is 6.17 Å². The summed E-state index contributed by atoms with van der Waals surface area (Å²) in [6.45, 7) is 3.32. The maximum Gasteiger partial charge on any atom is 0.109 e. The van der Waals surface area contributed by atoms with Gasteiger partial charge < -0.3 is 0 Å². The van der Waals surface area contributed by atoms with Gasteiger partial charge >= 0.3 is 0 Å². The monoisotopic (exact) mass is 238 g/mol. The van der Waals surface area contributed by atoms with Crippen LogP contribution in [0.1, 0.15) is 51.9 Å². The first-order valence-corrected chi connectivity index (χ1v) is 7.17. The molecule has 3 atom stereocenters. The summed E-state index contributed by atoms with van der Waals surface area (Å²) in [6, 6.07) is 0. The Kier molecular flexibility index (Phi) is 5.26. The molecule has 0 amide bonds. The van der Waals surface area contributed by atoms with Crippen LogP contribution in [0.15, 0.2) is 5.10 Å². The van der Waals surface area contributed by atoms with Gasteiger partial charge in [0.15, 0.2) is 0 Å². The molecule has 98 valence electrons. The summed E-state index contributed by atoms with van der Waals surface area (Å²) in [4.78, 5) is 0. The Bertz CT molecular complexity index is 240. The Morgan fingerprint density at radius 1 is 1.35 bits per heavy atom. The van der Waals surface area contributed by atoms with Crippen molar-refractivity contribution >= 4 is 6.21 Å². The maximum atomic E-state index is 4.35. The predicted molar refractivity (Wildman–Crippen MR) is 71.5 cm³/mol. The van der Waals surface area contributed by atoms with E-state index < -0.39 is 0 Å². The Hall–Kier alpha value is -0.610. The van der Waals surface area contributed by atoms with E-state index in [4.69, 9.17) is 0 Å². The highest BCUT2D eigenvalue weighted by molar-refractivity contribution is 5.56. The molecule has 2 fully saturated rings. The van der Waals surface area contributed by atoms with Crippen LogP contribution < -0.4 is 16.3 Å². The maximum absolute atomic E-state index is 4.35. The molecule has 1 heterocycles. The van der Waals surface area contributed by atoms with Crippen molar-refractivity contribution in [2.45, 2.75) is 58.0 Å². The summed E-state index contributed by atoms with van der Waals surface area (Å²) in [6.07, 6.45) is 11.4. The molecule has 0 aromatic carbocycles. The minimum absolute atomic E-state index is 0.312. The Balaban J connectivity index is 1.76. The third-order valence-electron chi connectivity index (χ3n) is 4.01. The van der Waals surface area contributed by atoms with Crippen LogP contribution in [-0.4, -0.2) is 18.9 Å². The van der Waals surface area contributed by atoms with E-state index in [0.29, 0.717) is 6.17 Å². The smallest absolute Gasteiger partial charge is 0.109 e. The number of rotatable bonds is 5. The Labute approximate surface area is 105 Å². The zero-order valence-corrected chi connectivity index (χ0v) is 10.9. The average Bonchev–Trinajstić information content (AvgIpc) is 2.39. The van der Waals surface area contributed by atoms with Gasteiger partial charge in [-0.2, -0.15) is 5.10 Å². The van der Waals surface area contributed by atoms with E-state index in [0.717, 1.165) is 24.8 Å². The van der Waals surface area contributed by atoms with Gasteiger partial charge in [0, 0.05) is 12.8 Å². The lowest BCUT2D eigenvalue weighted by molar-refractivity contribution is 0.0996. The van der Waals surface area contributed by atoms with Gasteiger partial charge in [-0.15, -0.1) is 0 Å². The molecule has 2 aliphatic rings. The molecule has 0 bridgehead atoms. The quantitative estimate of drug-likeness (QED) is 0.390. The van der Waals surface area contributed by atoms with E-state index in [1.165, 1.54) is 38.5 Å². The first-order valence-electron chi connectivity index (χ1n) is 7.17. The topological polar surface area (TPSA) is 48.5 Å². The summed E-state index contributed by atoms with van der Waals surface area (Å²) >= 11 is 0. The molecule has 3 N–H and O–H groups in total. The molecule has 4 heteroatoms.